The summed E-state index contributed by atoms with van der Waals surface area (Å²) in [5, 5.41) is 9.93. The number of ether oxygens (including phenoxy) is 3. The number of benzene rings is 1. The summed E-state index contributed by atoms with van der Waals surface area (Å²) in [6, 6.07) is 3.89. The number of sulfonamides is 1. The molecule has 4 amide bonds. The molecule has 4 fully saturated rings. The minimum absolute atomic E-state index is 0.0139. The van der Waals surface area contributed by atoms with E-state index in [0.717, 1.165) is 37.1 Å². The molecule has 5 atom stereocenters. The van der Waals surface area contributed by atoms with Crippen LogP contribution >= 0.6 is 0 Å². The number of hydrogen-bond acceptors (Lipinski definition) is 11. The Labute approximate surface area is 362 Å². The zero-order chi connectivity index (χ0) is 44.9. The summed E-state index contributed by atoms with van der Waals surface area (Å²) in [6.45, 7) is 1.86. The van der Waals surface area contributed by atoms with E-state index in [4.69, 9.17) is 19.2 Å². The number of methoxy groups -OCH3 is 1. The molecule has 2 aromatic heterocycles. The summed E-state index contributed by atoms with van der Waals surface area (Å²) in [7, 11) is -2.52. The lowest BCUT2D eigenvalue weighted by molar-refractivity contribution is -0.142. The Hall–Kier alpha value is -5.40. The van der Waals surface area contributed by atoms with Crippen LogP contribution in [0.3, 0.4) is 0 Å². The van der Waals surface area contributed by atoms with Crippen LogP contribution in [0.1, 0.15) is 100 Å². The molecule has 3 saturated carbocycles. The first-order valence-electron chi connectivity index (χ1n) is 21.5. The molecule has 340 valence electrons. The van der Waals surface area contributed by atoms with Crippen LogP contribution in [0, 0.1) is 12.8 Å². The van der Waals surface area contributed by atoms with Gasteiger partial charge in [-0.3, -0.25) is 28.6 Å². The molecular formula is C43H52F3N7O9S. The Morgan fingerprint density at radius 1 is 1.02 bits per heavy atom. The van der Waals surface area contributed by atoms with Crippen molar-refractivity contribution in [2.24, 2.45) is 5.92 Å². The second-order valence-corrected chi connectivity index (χ2v) is 19.9. The van der Waals surface area contributed by atoms with Gasteiger partial charge < -0.3 is 29.7 Å². The number of aromatic nitrogens is 3. The number of aryl methyl sites for hydroxylation is 1. The summed E-state index contributed by atoms with van der Waals surface area (Å²) in [5.41, 5.74) is -0.638. The Bertz CT molecular complexity index is 2430. The van der Waals surface area contributed by atoms with E-state index < -0.39 is 80.8 Å². The van der Waals surface area contributed by atoms with Gasteiger partial charge in [0.25, 0.3) is 11.8 Å². The highest BCUT2D eigenvalue weighted by molar-refractivity contribution is 7.91. The predicted molar refractivity (Wildman–Crippen MR) is 221 cm³/mol. The average Bonchev–Trinajstić information content (AvgIpc) is 4.00. The molecular weight excluding hydrogens is 848 g/mol. The van der Waals surface area contributed by atoms with Gasteiger partial charge in [-0.25, -0.2) is 13.4 Å². The Kier molecular flexibility index (Phi) is 11.9. The monoisotopic (exact) mass is 899 g/mol. The van der Waals surface area contributed by atoms with Crippen molar-refractivity contribution in [2.75, 3.05) is 13.7 Å². The number of nitrogens with zero attached hydrogens (tertiary/aromatic N) is 4. The average molecular weight is 900 g/mol. The lowest BCUT2D eigenvalue weighted by Crippen LogP contribution is -2.58. The maximum atomic E-state index is 14.8. The van der Waals surface area contributed by atoms with E-state index in [-0.39, 0.29) is 37.6 Å². The number of amides is 4. The summed E-state index contributed by atoms with van der Waals surface area (Å²) in [6.07, 6.45) is 5.43. The third-order valence-corrected chi connectivity index (χ3v) is 15.1. The third kappa shape index (κ3) is 9.31. The van der Waals surface area contributed by atoms with Crippen LogP contribution < -0.4 is 29.6 Å². The van der Waals surface area contributed by atoms with E-state index >= 15 is 0 Å². The van der Waals surface area contributed by atoms with Crippen molar-refractivity contribution in [1.29, 1.82) is 0 Å². The minimum atomic E-state index is -4.58. The highest BCUT2D eigenvalue weighted by atomic mass is 32.2. The van der Waals surface area contributed by atoms with E-state index in [1.54, 1.807) is 32.2 Å². The molecule has 3 N–H and O–H groups in total. The number of halogens is 3. The fourth-order valence-corrected chi connectivity index (χ4v) is 9.82. The third-order valence-electron chi connectivity index (χ3n) is 13.0. The molecule has 8 rings (SSSR count). The van der Waals surface area contributed by atoms with E-state index in [1.165, 1.54) is 4.90 Å². The molecule has 3 aliphatic carbocycles. The number of fused-ring (bicyclic) bond motifs is 3. The lowest BCUT2D eigenvalue weighted by atomic mass is 9.96. The van der Waals surface area contributed by atoms with Gasteiger partial charge in [-0.15, -0.1) is 0 Å². The van der Waals surface area contributed by atoms with Crippen LogP contribution in [0.4, 0.5) is 13.2 Å². The van der Waals surface area contributed by atoms with Crippen LogP contribution in [-0.2, 0) is 31.0 Å². The van der Waals surface area contributed by atoms with Gasteiger partial charge >= 0.3 is 6.18 Å². The van der Waals surface area contributed by atoms with E-state index in [0.29, 0.717) is 71.5 Å². The molecule has 2 aliphatic heterocycles. The van der Waals surface area contributed by atoms with Crippen LogP contribution in [0.2, 0.25) is 0 Å². The second kappa shape index (κ2) is 17.0. The minimum Gasteiger partial charge on any atom is -0.496 e. The van der Waals surface area contributed by atoms with E-state index in [1.807, 2.05) is 19.1 Å². The fraction of sp³-hybridized carbons (Fsp3) is 0.581. The Morgan fingerprint density at radius 2 is 1.79 bits per heavy atom. The Morgan fingerprint density at radius 3 is 2.49 bits per heavy atom. The number of alkyl halides is 3. The van der Waals surface area contributed by atoms with Crippen molar-refractivity contribution < 1.29 is 55.0 Å². The molecule has 0 bridgehead atoms. The van der Waals surface area contributed by atoms with Crippen molar-refractivity contribution in [3.8, 4) is 17.4 Å². The molecule has 0 spiro atoms. The SMILES string of the molecule is COc1ccc2c(O[C@@H]3C[C@H]4C(=O)N[C@]5(C(=O)NS(=O)(=O)C6(C)CC6)C[C@H]5/C=C\CCCCC[C@H](NC(=O)c5ccn(CC(F)(F)F)n5)C(=O)N4C3)cc(OC3CCC3)nc2c1C. The number of pyridine rings is 1. The molecule has 5 aliphatic rings. The van der Waals surface area contributed by atoms with Gasteiger partial charge in [-0.05, 0) is 89.8 Å². The summed E-state index contributed by atoms with van der Waals surface area (Å²) < 4.78 is 86.0. The zero-order valence-corrected chi connectivity index (χ0v) is 36.1. The van der Waals surface area contributed by atoms with Crippen LogP contribution in [0.5, 0.6) is 17.4 Å². The number of hydrogen-bond donors (Lipinski definition) is 3. The molecule has 1 aromatic carbocycles. The molecule has 4 heterocycles. The van der Waals surface area contributed by atoms with Gasteiger partial charge in [-0.1, -0.05) is 25.0 Å². The number of allylic oxidation sites excluding steroid dienone is 1. The molecule has 63 heavy (non-hydrogen) atoms. The summed E-state index contributed by atoms with van der Waals surface area (Å²) in [5.74, 6) is -2.34. The van der Waals surface area contributed by atoms with Gasteiger partial charge in [0, 0.05) is 35.6 Å². The Balaban J connectivity index is 1.12. The maximum absolute atomic E-state index is 14.8. The zero-order valence-electron chi connectivity index (χ0n) is 35.3. The van der Waals surface area contributed by atoms with Gasteiger partial charge in [0.1, 0.15) is 53.6 Å². The lowest BCUT2D eigenvalue weighted by Gasteiger charge is -2.30. The highest BCUT2D eigenvalue weighted by Gasteiger charge is 2.63. The quantitative estimate of drug-likeness (QED) is 0.224. The van der Waals surface area contributed by atoms with E-state index in [9.17, 15) is 40.8 Å². The summed E-state index contributed by atoms with van der Waals surface area (Å²) >= 11 is 0. The number of nitrogens with one attached hydrogen (secondary N) is 3. The van der Waals surface area contributed by atoms with Crippen molar-refractivity contribution in [3.63, 3.8) is 0 Å². The van der Waals surface area contributed by atoms with Gasteiger partial charge in [0.05, 0.1) is 23.9 Å². The molecule has 1 saturated heterocycles. The van der Waals surface area contributed by atoms with Gasteiger partial charge in [0.15, 0.2) is 0 Å². The molecule has 16 nitrogen and oxygen atoms in total. The van der Waals surface area contributed by atoms with Crippen molar-refractivity contribution >= 4 is 44.6 Å². The summed E-state index contributed by atoms with van der Waals surface area (Å²) in [4.78, 5) is 63.1. The first kappa shape index (κ1) is 44.2. The van der Waals surface area contributed by atoms with Crippen LogP contribution in [0.15, 0.2) is 42.6 Å². The topological polar surface area (TPSA) is 200 Å². The normalized spacial score (nSPS) is 26.8. The van der Waals surface area contributed by atoms with Crippen molar-refractivity contribution in [3.05, 3.63) is 53.9 Å². The first-order valence-corrected chi connectivity index (χ1v) is 23.0. The second-order valence-electron chi connectivity index (χ2n) is 17.7. The first-order chi connectivity index (χ1) is 29.9. The molecule has 0 radical (unpaired) electrons. The fourth-order valence-electron chi connectivity index (χ4n) is 8.51. The van der Waals surface area contributed by atoms with Crippen LogP contribution in [0.25, 0.3) is 10.9 Å². The number of rotatable bonds is 11. The standard InChI is InChI=1S/C43H52F3N7O9S/c1-25-33(60-3)15-14-29-34(21-35(48-36(25)29)62-27-11-9-12-27)61-28-20-32-38(55)49-42(40(57)51-63(58,59)41(2)17-18-41)22-26(42)10-7-5-4-6-8-13-31(39(56)53(32)23-28)47-37(54)30-16-19-52(50-30)24-43(44,45)46/h7,10,14-16,19,21,26-28,31-32H,4-6,8-9,11-13,17-18,20,22-24H2,1-3H3,(H,47,54)(H,49,55)(H,51,57)/b10-7-/t26-,28-,31+,32+,42-/m1/s1. The van der Waals surface area contributed by atoms with Gasteiger partial charge in [0.2, 0.25) is 27.7 Å². The van der Waals surface area contributed by atoms with Gasteiger partial charge in [-0.2, -0.15) is 18.3 Å². The van der Waals surface area contributed by atoms with E-state index in [2.05, 4.69) is 20.5 Å². The molecule has 3 aromatic rings. The number of carbonyl (C=O) groups is 4. The highest BCUT2D eigenvalue weighted by Crippen LogP contribution is 2.48. The van der Waals surface area contributed by atoms with Crippen molar-refractivity contribution in [1.82, 2.24) is 35.0 Å². The maximum Gasteiger partial charge on any atom is 0.408 e. The largest absolute Gasteiger partial charge is 0.496 e. The van der Waals surface area contributed by atoms with Crippen molar-refractivity contribution in [2.45, 2.75) is 138 Å². The molecule has 0 unspecified atom stereocenters. The van der Waals surface area contributed by atoms with Crippen LogP contribution in [-0.4, -0.2) is 106 Å². The predicted octanol–water partition coefficient (Wildman–Crippen LogP) is 4.78. The molecule has 20 heteroatoms. The number of carbonyl (C=O) groups excluding carboxylic acids is 4. The smallest absolute Gasteiger partial charge is 0.408 e.